The van der Waals surface area contributed by atoms with Gasteiger partial charge in [-0.05, 0) is 42.3 Å². The summed E-state index contributed by atoms with van der Waals surface area (Å²) in [5.74, 6) is -0.519. The summed E-state index contributed by atoms with van der Waals surface area (Å²) in [4.78, 5) is 24.8. The fourth-order valence-electron chi connectivity index (χ4n) is 2.42. The number of carbonyl (C=O) groups is 2. The Labute approximate surface area is 164 Å². The predicted octanol–water partition coefficient (Wildman–Crippen LogP) is 2.84. The minimum absolute atomic E-state index is 0.146. The van der Waals surface area contributed by atoms with Crippen LogP contribution in [0, 0.1) is 5.92 Å². The average Bonchev–Trinajstić information content (AvgIpc) is 2.60. The lowest BCUT2D eigenvalue weighted by molar-refractivity contribution is -0.118. The van der Waals surface area contributed by atoms with Crippen LogP contribution in [0.15, 0.2) is 54.6 Å². The molecule has 1 atom stereocenters. The molecule has 4 N–H and O–H groups in total. The Hall–Kier alpha value is -3.07. The highest BCUT2D eigenvalue weighted by molar-refractivity contribution is 7.92. The summed E-state index contributed by atoms with van der Waals surface area (Å²) in [7, 11) is -3.37. The van der Waals surface area contributed by atoms with Crippen LogP contribution in [0.4, 0.5) is 21.9 Å². The second-order valence-corrected chi connectivity index (χ2v) is 8.38. The maximum absolute atomic E-state index is 12.6. The molecule has 2 aromatic rings. The quantitative estimate of drug-likeness (QED) is 0.568. The molecule has 9 heteroatoms. The van der Waals surface area contributed by atoms with Crippen LogP contribution in [-0.2, 0) is 14.8 Å². The van der Waals surface area contributed by atoms with E-state index in [-0.39, 0.29) is 11.8 Å². The van der Waals surface area contributed by atoms with E-state index in [1.807, 2.05) is 19.9 Å². The Kier molecular flexibility index (Phi) is 7.00. The minimum atomic E-state index is -3.37. The Balaban J connectivity index is 1.99. The molecular formula is C19H24N4O4S. The van der Waals surface area contributed by atoms with Crippen molar-refractivity contribution in [3.05, 3.63) is 54.6 Å². The molecule has 2 aromatic carbocycles. The summed E-state index contributed by atoms with van der Waals surface area (Å²) >= 11 is 0. The summed E-state index contributed by atoms with van der Waals surface area (Å²) in [5, 5.41) is 8.08. The van der Waals surface area contributed by atoms with E-state index >= 15 is 0 Å². The second kappa shape index (κ2) is 9.23. The van der Waals surface area contributed by atoms with E-state index in [1.54, 1.807) is 36.4 Å². The number of rotatable bonds is 7. The first-order valence-corrected chi connectivity index (χ1v) is 10.5. The van der Waals surface area contributed by atoms with Crippen LogP contribution in [0.25, 0.3) is 0 Å². The van der Waals surface area contributed by atoms with Crippen LogP contribution in [0.2, 0.25) is 0 Å². The summed E-state index contributed by atoms with van der Waals surface area (Å²) in [5.41, 5.74) is 1.50. The maximum atomic E-state index is 12.6. The molecule has 28 heavy (non-hydrogen) atoms. The SMILES string of the molecule is CC(C)[C@@H](NC(=O)Nc1ccccc1)C(=O)Nc1ccc(NS(C)(=O)=O)cc1. The van der Waals surface area contributed by atoms with Gasteiger partial charge in [0, 0.05) is 17.1 Å². The highest BCUT2D eigenvalue weighted by Crippen LogP contribution is 2.16. The van der Waals surface area contributed by atoms with Crippen LogP contribution in [0.1, 0.15) is 13.8 Å². The van der Waals surface area contributed by atoms with E-state index in [4.69, 9.17) is 0 Å². The van der Waals surface area contributed by atoms with E-state index in [9.17, 15) is 18.0 Å². The predicted molar refractivity (Wildman–Crippen MR) is 111 cm³/mol. The Morgan fingerprint density at radius 3 is 1.89 bits per heavy atom. The first-order valence-electron chi connectivity index (χ1n) is 8.65. The van der Waals surface area contributed by atoms with Gasteiger partial charge in [-0.25, -0.2) is 13.2 Å². The monoisotopic (exact) mass is 404 g/mol. The lowest BCUT2D eigenvalue weighted by atomic mass is 10.0. The first kappa shape index (κ1) is 21.2. The smallest absolute Gasteiger partial charge is 0.319 e. The van der Waals surface area contributed by atoms with Gasteiger partial charge < -0.3 is 16.0 Å². The van der Waals surface area contributed by atoms with Gasteiger partial charge in [-0.2, -0.15) is 0 Å². The van der Waals surface area contributed by atoms with Gasteiger partial charge in [0.1, 0.15) is 6.04 Å². The minimum Gasteiger partial charge on any atom is -0.326 e. The van der Waals surface area contributed by atoms with Crippen molar-refractivity contribution in [1.82, 2.24) is 5.32 Å². The van der Waals surface area contributed by atoms with Crippen molar-refractivity contribution in [3.8, 4) is 0 Å². The molecule has 0 heterocycles. The van der Waals surface area contributed by atoms with E-state index < -0.39 is 22.1 Å². The second-order valence-electron chi connectivity index (χ2n) is 6.63. The van der Waals surface area contributed by atoms with Gasteiger partial charge in [0.25, 0.3) is 0 Å². The molecule has 0 saturated carbocycles. The molecule has 0 fully saturated rings. The third-order valence-corrected chi connectivity index (χ3v) is 4.33. The van der Waals surface area contributed by atoms with Crippen molar-refractivity contribution < 1.29 is 18.0 Å². The lowest BCUT2D eigenvalue weighted by Gasteiger charge is -2.22. The number of benzene rings is 2. The molecule has 2 rings (SSSR count). The molecule has 0 aliphatic rings. The van der Waals surface area contributed by atoms with Gasteiger partial charge in [0.15, 0.2) is 0 Å². The number of sulfonamides is 1. The Bertz CT molecular complexity index is 913. The summed E-state index contributed by atoms with van der Waals surface area (Å²) in [6.07, 6.45) is 1.06. The topological polar surface area (TPSA) is 116 Å². The van der Waals surface area contributed by atoms with Crippen LogP contribution < -0.4 is 20.7 Å². The molecule has 0 bridgehead atoms. The van der Waals surface area contributed by atoms with Crippen molar-refractivity contribution in [1.29, 1.82) is 0 Å². The summed E-state index contributed by atoms with van der Waals surface area (Å²) in [6, 6.07) is 13.9. The average molecular weight is 404 g/mol. The number of amides is 3. The fraction of sp³-hybridized carbons (Fsp3) is 0.263. The largest absolute Gasteiger partial charge is 0.326 e. The number of anilines is 3. The molecule has 0 unspecified atom stereocenters. The number of para-hydroxylation sites is 1. The van der Waals surface area contributed by atoms with Crippen molar-refractivity contribution in [2.45, 2.75) is 19.9 Å². The van der Waals surface area contributed by atoms with E-state index in [1.165, 1.54) is 12.1 Å². The van der Waals surface area contributed by atoms with Crippen molar-refractivity contribution >= 4 is 39.0 Å². The number of urea groups is 1. The molecule has 0 radical (unpaired) electrons. The summed E-state index contributed by atoms with van der Waals surface area (Å²) in [6.45, 7) is 3.65. The molecule has 0 aliphatic heterocycles. The molecule has 0 spiro atoms. The third kappa shape index (κ3) is 6.92. The fourth-order valence-corrected chi connectivity index (χ4v) is 2.98. The molecular weight excluding hydrogens is 380 g/mol. The molecule has 0 saturated heterocycles. The molecule has 3 amide bonds. The van der Waals surface area contributed by atoms with Crippen molar-refractivity contribution in [2.75, 3.05) is 21.6 Å². The van der Waals surface area contributed by atoms with Gasteiger partial charge in [-0.1, -0.05) is 32.0 Å². The van der Waals surface area contributed by atoms with Gasteiger partial charge in [-0.3, -0.25) is 9.52 Å². The van der Waals surface area contributed by atoms with Gasteiger partial charge in [0.05, 0.1) is 6.26 Å². The first-order chi connectivity index (χ1) is 13.1. The van der Waals surface area contributed by atoms with Crippen LogP contribution >= 0.6 is 0 Å². The standard InChI is InChI=1S/C19H24N4O4S/c1-13(2)17(22-19(25)21-14-7-5-4-6-8-14)18(24)20-15-9-11-16(12-10-15)23-28(3,26)27/h4-13,17,23H,1-3H3,(H,20,24)(H2,21,22,25)/t17-/m1/s1. The Morgan fingerprint density at radius 1 is 0.821 bits per heavy atom. The number of hydrogen-bond donors (Lipinski definition) is 4. The maximum Gasteiger partial charge on any atom is 0.319 e. The zero-order valence-corrected chi connectivity index (χ0v) is 16.7. The lowest BCUT2D eigenvalue weighted by Crippen LogP contribution is -2.48. The molecule has 150 valence electrons. The Morgan fingerprint density at radius 2 is 1.36 bits per heavy atom. The number of hydrogen-bond acceptors (Lipinski definition) is 4. The van der Waals surface area contributed by atoms with Crippen molar-refractivity contribution in [2.24, 2.45) is 5.92 Å². The zero-order valence-electron chi connectivity index (χ0n) is 15.9. The van der Waals surface area contributed by atoms with E-state index in [0.29, 0.717) is 17.1 Å². The zero-order chi connectivity index (χ0) is 20.7. The number of carbonyl (C=O) groups excluding carboxylic acids is 2. The van der Waals surface area contributed by atoms with Gasteiger partial charge in [-0.15, -0.1) is 0 Å². The molecule has 8 nitrogen and oxygen atoms in total. The van der Waals surface area contributed by atoms with E-state index in [2.05, 4.69) is 20.7 Å². The van der Waals surface area contributed by atoms with Gasteiger partial charge in [0.2, 0.25) is 15.9 Å². The normalized spacial score (nSPS) is 12.1. The van der Waals surface area contributed by atoms with Crippen LogP contribution in [0.3, 0.4) is 0 Å². The molecule has 0 aromatic heterocycles. The van der Waals surface area contributed by atoms with E-state index in [0.717, 1.165) is 6.26 Å². The third-order valence-electron chi connectivity index (χ3n) is 3.72. The van der Waals surface area contributed by atoms with Crippen LogP contribution in [0.5, 0.6) is 0 Å². The highest BCUT2D eigenvalue weighted by atomic mass is 32.2. The molecule has 0 aliphatic carbocycles. The van der Waals surface area contributed by atoms with Gasteiger partial charge >= 0.3 is 6.03 Å². The number of nitrogens with one attached hydrogen (secondary N) is 4. The van der Waals surface area contributed by atoms with Crippen LogP contribution in [-0.4, -0.2) is 32.7 Å². The highest BCUT2D eigenvalue weighted by Gasteiger charge is 2.24. The van der Waals surface area contributed by atoms with Crippen molar-refractivity contribution in [3.63, 3.8) is 0 Å². The summed E-state index contributed by atoms with van der Waals surface area (Å²) < 4.78 is 24.8.